The molecule has 8 nitrogen and oxygen atoms in total. The van der Waals surface area contributed by atoms with Crippen molar-refractivity contribution < 1.29 is 24.2 Å². The number of rotatable bonds is 14. The quantitative estimate of drug-likeness (QED) is 0.275. The Hall–Kier alpha value is -3.75. The van der Waals surface area contributed by atoms with Crippen molar-refractivity contribution in [1.82, 2.24) is 14.7 Å². The highest BCUT2D eigenvalue weighted by Gasteiger charge is 2.75. The Morgan fingerprint density at radius 3 is 2.15 bits per heavy atom. The molecule has 0 radical (unpaired) electrons. The average Bonchev–Trinajstić information content (AvgIpc) is 3.69. The minimum atomic E-state index is -1.19. The molecule has 258 valence electrons. The largest absolute Gasteiger partial charge is 0.394 e. The molecule has 3 aliphatic rings. The first-order valence-electron chi connectivity index (χ1n) is 17.3. The summed E-state index contributed by atoms with van der Waals surface area (Å²) in [5.74, 6) is -2.29. The van der Waals surface area contributed by atoms with Crippen molar-refractivity contribution in [2.75, 3.05) is 19.7 Å². The summed E-state index contributed by atoms with van der Waals surface area (Å²) in [6.45, 7) is 19.1. The minimum absolute atomic E-state index is 0.0800. The highest BCUT2D eigenvalue weighted by molar-refractivity contribution is 5.99. The normalized spacial score (nSPS) is 25.5. The Morgan fingerprint density at radius 1 is 0.979 bits per heavy atom. The van der Waals surface area contributed by atoms with Gasteiger partial charge in [0, 0.05) is 25.2 Å². The van der Waals surface area contributed by atoms with Gasteiger partial charge >= 0.3 is 0 Å². The van der Waals surface area contributed by atoms with Crippen LogP contribution in [0.3, 0.4) is 0 Å². The van der Waals surface area contributed by atoms with Crippen molar-refractivity contribution >= 4 is 17.7 Å². The number of amides is 3. The zero-order valence-corrected chi connectivity index (χ0v) is 29.3. The highest BCUT2D eigenvalue weighted by Crippen LogP contribution is 2.59. The fraction of sp³-hybridized carbons (Fsp3) is 0.525. The first-order valence-corrected chi connectivity index (χ1v) is 17.3. The Balaban J connectivity index is 1.59. The number of ether oxygens (including phenoxy) is 1. The molecule has 3 aliphatic heterocycles. The van der Waals surface area contributed by atoms with Crippen LogP contribution in [-0.4, -0.2) is 86.6 Å². The van der Waals surface area contributed by atoms with Gasteiger partial charge in [-0.05, 0) is 56.1 Å². The summed E-state index contributed by atoms with van der Waals surface area (Å²) < 4.78 is 6.83. The van der Waals surface area contributed by atoms with Gasteiger partial charge in [0.05, 0.1) is 30.6 Å². The third-order valence-electron chi connectivity index (χ3n) is 10.3. The number of aliphatic hydroxyl groups is 1. The standard InChI is InChI=1S/C40H53N3O5/c1-8-22-41(25-29-18-14-11-15-19-29)35(45)32-31-20-21-40(48-31)33(32)36(46)43(30(26-44)24-28-16-12-10-13-17-28)34(40)37(47)42(23-9-2)39(6,7)27-38(3,4)5/h8-19,30-34,44H,1-2,20-27H2,3-7H3/t30-,31-,32+,33+,34?,40?/m1/s1. The summed E-state index contributed by atoms with van der Waals surface area (Å²) in [6.07, 6.45) is 5.07. The van der Waals surface area contributed by atoms with Crippen LogP contribution in [0.2, 0.25) is 0 Å². The number of nitrogens with zero attached hydrogens (tertiary/aromatic N) is 3. The van der Waals surface area contributed by atoms with Crippen molar-refractivity contribution in [3.8, 4) is 0 Å². The summed E-state index contributed by atoms with van der Waals surface area (Å²) in [4.78, 5) is 49.8. The molecule has 8 heteroatoms. The van der Waals surface area contributed by atoms with E-state index in [2.05, 4.69) is 47.8 Å². The van der Waals surface area contributed by atoms with E-state index < -0.39 is 41.2 Å². The summed E-state index contributed by atoms with van der Waals surface area (Å²) >= 11 is 0. The Bertz CT molecular complexity index is 1490. The van der Waals surface area contributed by atoms with Crippen molar-refractivity contribution in [2.24, 2.45) is 17.3 Å². The molecule has 2 aromatic rings. The second-order valence-corrected chi connectivity index (χ2v) is 15.6. The van der Waals surface area contributed by atoms with Gasteiger partial charge in [-0.2, -0.15) is 0 Å². The molecule has 1 N–H and O–H groups in total. The molecule has 48 heavy (non-hydrogen) atoms. The fourth-order valence-electron chi connectivity index (χ4n) is 8.89. The molecule has 3 amide bonds. The minimum Gasteiger partial charge on any atom is -0.394 e. The molecule has 3 saturated heterocycles. The molecule has 1 spiro atoms. The molecule has 3 heterocycles. The van der Waals surface area contributed by atoms with Crippen LogP contribution in [0, 0.1) is 17.3 Å². The first-order chi connectivity index (χ1) is 22.8. The van der Waals surface area contributed by atoms with Crippen molar-refractivity contribution in [2.45, 2.75) is 96.2 Å². The van der Waals surface area contributed by atoms with E-state index in [9.17, 15) is 14.7 Å². The van der Waals surface area contributed by atoms with E-state index >= 15 is 4.79 Å². The molecular weight excluding hydrogens is 602 g/mol. The molecule has 6 atom stereocenters. The zero-order valence-electron chi connectivity index (χ0n) is 29.3. The SMILES string of the molecule is C=CCN(Cc1ccccc1)C(=O)[C@@H]1[C@H]2C(=O)N([C@@H](CO)Cc3ccccc3)C(C(=O)N(CC=C)C(C)(C)CC(C)(C)C)C23CC[C@H]1O3. The molecule has 2 unspecified atom stereocenters. The lowest BCUT2D eigenvalue weighted by Crippen LogP contribution is -2.62. The van der Waals surface area contributed by atoms with Gasteiger partial charge in [0.15, 0.2) is 0 Å². The van der Waals surface area contributed by atoms with E-state index in [1.54, 1.807) is 22.0 Å². The number of aliphatic hydroxyl groups excluding tert-OH is 1. The predicted molar refractivity (Wildman–Crippen MR) is 188 cm³/mol. The number of hydrogen-bond donors (Lipinski definition) is 1. The maximum atomic E-state index is 15.2. The van der Waals surface area contributed by atoms with Crippen LogP contribution in [-0.2, 0) is 32.1 Å². The summed E-state index contributed by atoms with van der Waals surface area (Å²) in [5, 5.41) is 10.9. The predicted octanol–water partition coefficient (Wildman–Crippen LogP) is 5.41. The van der Waals surface area contributed by atoms with Gasteiger partial charge in [-0.25, -0.2) is 0 Å². The summed E-state index contributed by atoms with van der Waals surface area (Å²) in [7, 11) is 0. The van der Waals surface area contributed by atoms with Gasteiger partial charge in [-0.1, -0.05) is 93.6 Å². The monoisotopic (exact) mass is 655 g/mol. The maximum absolute atomic E-state index is 15.2. The van der Waals surface area contributed by atoms with Crippen LogP contribution in [0.1, 0.15) is 65.0 Å². The number of benzene rings is 2. The van der Waals surface area contributed by atoms with Gasteiger partial charge in [-0.3, -0.25) is 14.4 Å². The Labute approximate surface area is 286 Å². The van der Waals surface area contributed by atoms with E-state index in [-0.39, 0.29) is 29.7 Å². The zero-order chi connectivity index (χ0) is 34.9. The lowest BCUT2D eigenvalue weighted by atomic mass is 9.70. The highest BCUT2D eigenvalue weighted by atomic mass is 16.5. The summed E-state index contributed by atoms with van der Waals surface area (Å²) in [6, 6.07) is 17.8. The lowest BCUT2D eigenvalue weighted by molar-refractivity contribution is -0.155. The molecule has 5 rings (SSSR count). The number of hydrogen-bond acceptors (Lipinski definition) is 5. The number of carbonyl (C=O) groups excluding carboxylic acids is 3. The Morgan fingerprint density at radius 2 is 1.58 bits per heavy atom. The van der Waals surface area contributed by atoms with Gasteiger partial charge in [-0.15, -0.1) is 13.2 Å². The van der Waals surface area contributed by atoms with Gasteiger partial charge in [0.1, 0.15) is 11.6 Å². The number of fused-ring (bicyclic) bond motifs is 1. The number of carbonyl (C=O) groups is 3. The lowest BCUT2D eigenvalue weighted by Gasteiger charge is -2.46. The third-order valence-corrected chi connectivity index (χ3v) is 10.3. The Kier molecular flexibility index (Phi) is 10.4. The smallest absolute Gasteiger partial charge is 0.249 e. The second kappa shape index (κ2) is 14.0. The van der Waals surface area contributed by atoms with Crippen molar-refractivity contribution in [3.63, 3.8) is 0 Å². The molecule has 2 aromatic carbocycles. The van der Waals surface area contributed by atoms with E-state index in [0.29, 0.717) is 45.3 Å². The maximum Gasteiger partial charge on any atom is 0.249 e. The van der Waals surface area contributed by atoms with E-state index in [0.717, 1.165) is 11.1 Å². The molecule has 2 bridgehead atoms. The molecule has 3 fully saturated rings. The van der Waals surface area contributed by atoms with Crippen LogP contribution in [0.15, 0.2) is 86.0 Å². The molecule has 0 aromatic heterocycles. The first kappa shape index (κ1) is 35.6. The average molecular weight is 656 g/mol. The molecule has 0 aliphatic carbocycles. The van der Waals surface area contributed by atoms with E-state index in [1.165, 1.54) is 0 Å². The van der Waals surface area contributed by atoms with Crippen LogP contribution >= 0.6 is 0 Å². The second-order valence-electron chi connectivity index (χ2n) is 15.6. The van der Waals surface area contributed by atoms with E-state index in [1.807, 2.05) is 65.6 Å². The van der Waals surface area contributed by atoms with Crippen molar-refractivity contribution in [3.05, 3.63) is 97.1 Å². The van der Waals surface area contributed by atoms with Crippen LogP contribution in [0.5, 0.6) is 0 Å². The fourth-order valence-corrected chi connectivity index (χ4v) is 8.89. The van der Waals surface area contributed by atoms with Crippen LogP contribution in [0.4, 0.5) is 0 Å². The summed E-state index contributed by atoms with van der Waals surface area (Å²) in [5.41, 5.74) is 0.0713. The van der Waals surface area contributed by atoms with Crippen LogP contribution in [0.25, 0.3) is 0 Å². The third kappa shape index (κ3) is 6.74. The topological polar surface area (TPSA) is 90.4 Å². The van der Waals surface area contributed by atoms with Gasteiger partial charge in [0.2, 0.25) is 17.7 Å². The van der Waals surface area contributed by atoms with Gasteiger partial charge < -0.3 is 24.5 Å². The molecule has 0 saturated carbocycles. The van der Waals surface area contributed by atoms with Gasteiger partial charge in [0.25, 0.3) is 0 Å². The molecular formula is C40H53N3O5. The number of likely N-dealkylation sites (tertiary alicyclic amines) is 1. The van der Waals surface area contributed by atoms with E-state index in [4.69, 9.17) is 4.74 Å². The van der Waals surface area contributed by atoms with Crippen molar-refractivity contribution in [1.29, 1.82) is 0 Å². The van der Waals surface area contributed by atoms with Crippen LogP contribution < -0.4 is 0 Å².